The van der Waals surface area contributed by atoms with Crippen LogP contribution in [0, 0.1) is 23.6 Å². The van der Waals surface area contributed by atoms with Gasteiger partial charge in [0.2, 0.25) is 5.41 Å². The summed E-state index contributed by atoms with van der Waals surface area (Å²) in [5.41, 5.74) is 1.80. The maximum Gasteiger partial charge on any atom is 0.209 e. The van der Waals surface area contributed by atoms with E-state index < -0.39 is 17.1 Å². The summed E-state index contributed by atoms with van der Waals surface area (Å²) >= 11 is 0. The van der Waals surface area contributed by atoms with E-state index in [0.717, 1.165) is 16.3 Å². The molecule has 3 aromatic heterocycles. The zero-order valence-corrected chi connectivity index (χ0v) is 17.3. The summed E-state index contributed by atoms with van der Waals surface area (Å²) in [5, 5.41) is 22.8. The minimum absolute atomic E-state index is 0.211. The van der Waals surface area contributed by atoms with Gasteiger partial charge < -0.3 is 0 Å². The third-order valence-electron chi connectivity index (χ3n) is 4.66. The number of pyridine rings is 1. The van der Waals surface area contributed by atoms with Crippen molar-refractivity contribution in [2.45, 2.75) is 12.3 Å². The molecule has 4 aromatic rings. The molecular weight excluding hydrogens is 407 g/mol. The van der Waals surface area contributed by atoms with Crippen molar-refractivity contribution in [2.75, 3.05) is 0 Å². The van der Waals surface area contributed by atoms with Crippen molar-refractivity contribution in [3.05, 3.63) is 71.4 Å². The summed E-state index contributed by atoms with van der Waals surface area (Å²) in [6.07, 6.45) is 4.91. The first-order chi connectivity index (χ1) is 14.2. The molecule has 0 bridgehead atoms. The van der Waals surface area contributed by atoms with E-state index in [0.29, 0.717) is 22.2 Å². The van der Waals surface area contributed by atoms with Crippen LogP contribution < -0.4 is 5.49 Å². The summed E-state index contributed by atoms with van der Waals surface area (Å²) in [4.78, 5) is 4.11. The van der Waals surface area contributed by atoms with Crippen molar-refractivity contribution >= 4 is 26.0 Å². The third kappa shape index (κ3) is 3.41. The van der Waals surface area contributed by atoms with Crippen LogP contribution in [-0.4, -0.2) is 30.4 Å². The number of aryl methyl sites for hydroxylation is 2. The molecule has 0 spiro atoms. The summed E-state index contributed by atoms with van der Waals surface area (Å²) in [6.45, 7) is 1.87. The molecule has 0 saturated carbocycles. The normalized spacial score (nSPS) is 13.4. The van der Waals surface area contributed by atoms with Gasteiger partial charge in [-0.05, 0) is 36.8 Å². The molecule has 0 aliphatic carbocycles. The lowest BCUT2D eigenvalue weighted by Crippen LogP contribution is -2.39. The van der Waals surface area contributed by atoms with Crippen LogP contribution in [0.15, 0.2) is 48.9 Å². The number of hydrogen-bond donors (Lipinski definition) is 2. The van der Waals surface area contributed by atoms with Crippen molar-refractivity contribution in [1.29, 1.82) is 10.8 Å². The van der Waals surface area contributed by atoms with E-state index in [-0.39, 0.29) is 11.1 Å². The van der Waals surface area contributed by atoms with E-state index >= 15 is 4.39 Å². The predicted octanol–water partition coefficient (Wildman–Crippen LogP) is 3.28. The number of halogens is 2. The third-order valence-corrected chi connectivity index (χ3v) is 5.25. The molecule has 10 heteroatoms. The first-order valence-electron chi connectivity index (χ1n) is 8.94. The van der Waals surface area contributed by atoms with Gasteiger partial charge in [-0.3, -0.25) is 20.5 Å². The van der Waals surface area contributed by atoms with Crippen LogP contribution in [0.4, 0.5) is 8.78 Å². The Bertz CT molecular complexity index is 1360. The number of nitrogens with zero attached hydrogens (tertiary/aromatic N) is 5. The number of benzene rings is 1. The van der Waals surface area contributed by atoms with E-state index in [1.54, 1.807) is 31.7 Å². The molecule has 152 valence electrons. The Morgan fingerprint density at radius 2 is 1.93 bits per heavy atom. The van der Waals surface area contributed by atoms with Gasteiger partial charge in [-0.1, -0.05) is 9.24 Å². The van der Waals surface area contributed by atoms with Crippen molar-refractivity contribution < 1.29 is 8.78 Å². The second-order valence-corrected chi connectivity index (χ2v) is 7.82. The Kier molecular flexibility index (Phi) is 4.78. The Morgan fingerprint density at radius 3 is 2.67 bits per heavy atom. The number of nitrogens with one attached hydrogen (secondary N) is 2. The zero-order chi connectivity index (χ0) is 21.6. The zero-order valence-electron chi connectivity index (χ0n) is 16.2. The van der Waals surface area contributed by atoms with Crippen LogP contribution in [0.1, 0.15) is 11.1 Å². The largest absolute Gasteiger partial charge is 0.283 e. The van der Waals surface area contributed by atoms with Crippen LogP contribution in [0.3, 0.4) is 0 Å². The summed E-state index contributed by atoms with van der Waals surface area (Å²) in [7, 11) is 3.55. The molecule has 3 heterocycles. The fraction of sp³-hybridized carbons (Fsp3) is 0.150. The first kappa shape index (κ1) is 20.0. The second-order valence-electron chi connectivity index (χ2n) is 7.02. The molecule has 0 radical (unpaired) electrons. The fourth-order valence-electron chi connectivity index (χ4n) is 3.17. The van der Waals surface area contributed by atoms with Crippen molar-refractivity contribution in [3.63, 3.8) is 0 Å². The Balaban J connectivity index is 1.81. The van der Waals surface area contributed by atoms with E-state index in [1.165, 1.54) is 16.8 Å². The van der Waals surface area contributed by atoms with Gasteiger partial charge in [0.15, 0.2) is 5.84 Å². The lowest BCUT2D eigenvalue weighted by atomic mass is 10.1. The average molecular weight is 425 g/mol. The Labute approximate surface area is 172 Å². The molecule has 0 fully saturated rings. The smallest absolute Gasteiger partial charge is 0.209 e. The summed E-state index contributed by atoms with van der Waals surface area (Å²) in [5.74, 6) is -1.54. The Morgan fingerprint density at radius 1 is 1.17 bits per heavy atom. The van der Waals surface area contributed by atoms with Gasteiger partial charge in [0, 0.05) is 48.2 Å². The maximum atomic E-state index is 15.8. The van der Waals surface area contributed by atoms with Crippen LogP contribution in [-0.2, 0) is 12.5 Å². The van der Waals surface area contributed by atoms with Gasteiger partial charge in [0.05, 0.1) is 11.2 Å². The highest BCUT2D eigenvalue weighted by molar-refractivity contribution is 7.20. The molecule has 7 nitrogen and oxygen atoms in total. The highest BCUT2D eigenvalue weighted by atomic mass is 31.0. The maximum absolute atomic E-state index is 15.8. The molecule has 0 aliphatic rings. The van der Waals surface area contributed by atoms with Crippen molar-refractivity contribution in [2.24, 2.45) is 7.05 Å². The van der Waals surface area contributed by atoms with Crippen molar-refractivity contribution in [1.82, 2.24) is 24.5 Å². The Hall–Kier alpha value is -3.32. The number of alkyl halides is 1. The monoisotopic (exact) mass is 425 g/mol. The lowest BCUT2D eigenvalue weighted by Gasteiger charge is -2.23. The highest BCUT2D eigenvalue weighted by Crippen LogP contribution is 2.38. The topological polar surface area (TPSA) is 96.2 Å². The molecule has 0 amide bonds. The summed E-state index contributed by atoms with van der Waals surface area (Å²) in [6, 6.07) is 7.28. The molecule has 30 heavy (non-hydrogen) atoms. The van der Waals surface area contributed by atoms with Gasteiger partial charge in [0.25, 0.3) is 0 Å². The van der Waals surface area contributed by atoms with Gasteiger partial charge >= 0.3 is 0 Å². The minimum Gasteiger partial charge on any atom is -0.283 e. The van der Waals surface area contributed by atoms with Gasteiger partial charge in [-0.25, -0.2) is 8.78 Å². The number of fused-ring (bicyclic) bond motifs is 1. The molecule has 0 aliphatic heterocycles. The van der Waals surface area contributed by atoms with E-state index in [1.807, 2.05) is 22.2 Å². The summed E-state index contributed by atoms with van der Waals surface area (Å²) < 4.78 is 32.8. The van der Waals surface area contributed by atoms with Crippen LogP contribution in [0.25, 0.3) is 22.2 Å². The molecule has 0 saturated heterocycles. The first-order valence-corrected chi connectivity index (χ1v) is 9.52. The van der Waals surface area contributed by atoms with Crippen LogP contribution in [0.2, 0.25) is 0 Å². The molecule has 4 rings (SSSR count). The molecule has 2 N–H and O–H groups in total. The van der Waals surface area contributed by atoms with Gasteiger partial charge in [0.1, 0.15) is 11.3 Å². The van der Waals surface area contributed by atoms with E-state index in [4.69, 9.17) is 10.8 Å². The minimum atomic E-state index is -2.62. The van der Waals surface area contributed by atoms with E-state index in [9.17, 15) is 4.39 Å². The average Bonchev–Trinajstić information content (AvgIpc) is 3.06. The molecule has 1 aromatic carbocycles. The van der Waals surface area contributed by atoms with Gasteiger partial charge in [-0.2, -0.15) is 14.9 Å². The second kappa shape index (κ2) is 7.18. The molecular formula is C20H18F2N7P. The number of hydrogen-bond acceptors (Lipinski definition) is 5. The van der Waals surface area contributed by atoms with E-state index in [2.05, 4.69) is 15.2 Å². The number of aromatic nitrogens is 5. The predicted molar refractivity (Wildman–Crippen MR) is 112 cm³/mol. The number of rotatable bonds is 3. The van der Waals surface area contributed by atoms with Crippen LogP contribution in [0.5, 0.6) is 0 Å². The van der Waals surface area contributed by atoms with Crippen molar-refractivity contribution in [3.8, 4) is 11.3 Å². The molecule has 2 unspecified atom stereocenters. The highest BCUT2D eigenvalue weighted by Gasteiger charge is 2.37. The standard InChI is InChI=1S/C20H18F2N7P/c1-11-5-12(9-25-8-11)16-3-4-18(23)29(27-16)19(24)20(22,30)14-6-13-10-28(2)26-17(13)7-15(14)21/h3-10,23-24H,30H2,1-2H3. The van der Waals surface area contributed by atoms with Gasteiger partial charge in [-0.15, -0.1) is 0 Å². The van der Waals surface area contributed by atoms with Crippen LogP contribution >= 0.6 is 9.24 Å². The molecule has 2 atom stereocenters. The lowest BCUT2D eigenvalue weighted by molar-refractivity contribution is 0.365. The quantitative estimate of drug-likeness (QED) is 0.300. The SMILES string of the molecule is Cc1cncc(-c2ccc(=N)n(C(=N)C(F)(P)c3cc4cn(C)nc4cc3F)n2)c1. The fourth-order valence-corrected chi connectivity index (χ4v) is 3.52.